The number of benzene rings is 1. The number of hydrogen-bond acceptors (Lipinski definition) is 4. The molecular weight excluding hydrogens is 244 g/mol. The van der Waals surface area contributed by atoms with Crippen LogP contribution in [0, 0.1) is 0 Å². The van der Waals surface area contributed by atoms with E-state index in [4.69, 9.17) is 10.5 Å². The molecule has 100 valence electrons. The Kier molecular flexibility index (Phi) is 4.64. The second-order valence-corrected chi connectivity index (χ2v) is 5.84. The van der Waals surface area contributed by atoms with Gasteiger partial charge in [-0.3, -0.25) is 0 Å². The summed E-state index contributed by atoms with van der Waals surface area (Å²) in [7, 11) is 0. The maximum Gasteiger partial charge on any atom is 0.144 e. The monoisotopic (exact) mass is 266 g/mol. The predicted octanol–water partition coefficient (Wildman–Crippen LogP) is 3.00. The molecule has 1 aromatic rings. The quantitative estimate of drug-likeness (QED) is 0.850. The van der Waals surface area contributed by atoms with E-state index in [1.165, 1.54) is 17.2 Å². The zero-order chi connectivity index (χ0) is 13.0. The molecule has 0 radical (unpaired) electrons. The number of thioether (sulfide) groups is 1. The molecule has 0 amide bonds. The Morgan fingerprint density at radius 3 is 3.06 bits per heavy atom. The first-order valence-electron chi connectivity index (χ1n) is 6.59. The lowest BCUT2D eigenvalue weighted by atomic mass is 10.2. The highest BCUT2D eigenvalue weighted by molar-refractivity contribution is 7.99. The fourth-order valence-corrected chi connectivity index (χ4v) is 3.16. The van der Waals surface area contributed by atoms with Crippen LogP contribution in [-0.4, -0.2) is 30.7 Å². The SMILES string of the molecule is CCCOc1cc(N2CCSCC2C)ccc1N. The van der Waals surface area contributed by atoms with Crippen molar-refractivity contribution in [3.63, 3.8) is 0 Å². The van der Waals surface area contributed by atoms with Crippen molar-refractivity contribution in [2.45, 2.75) is 26.3 Å². The van der Waals surface area contributed by atoms with E-state index in [2.05, 4.69) is 30.9 Å². The summed E-state index contributed by atoms with van der Waals surface area (Å²) in [6.45, 7) is 6.20. The van der Waals surface area contributed by atoms with Crippen LogP contribution in [0.4, 0.5) is 11.4 Å². The maximum atomic E-state index is 5.95. The van der Waals surface area contributed by atoms with Gasteiger partial charge in [-0.25, -0.2) is 0 Å². The molecule has 1 atom stereocenters. The molecule has 0 aliphatic carbocycles. The largest absolute Gasteiger partial charge is 0.491 e. The topological polar surface area (TPSA) is 38.5 Å². The van der Waals surface area contributed by atoms with Gasteiger partial charge in [0, 0.05) is 35.8 Å². The van der Waals surface area contributed by atoms with Crippen molar-refractivity contribution in [1.29, 1.82) is 0 Å². The van der Waals surface area contributed by atoms with Gasteiger partial charge >= 0.3 is 0 Å². The second-order valence-electron chi connectivity index (χ2n) is 4.69. The number of nitrogen functional groups attached to an aromatic ring is 1. The van der Waals surface area contributed by atoms with Crippen molar-refractivity contribution < 1.29 is 4.74 Å². The molecule has 4 heteroatoms. The molecule has 1 fully saturated rings. The van der Waals surface area contributed by atoms with Crippen molar-refractivity contribution in [2.24, 2.45) is 0 Å². The van der Waals surface area contributed by atoms with Gasteiger partial charge in [-0.15, -0.1) is 0 Å². The van der Waals surface area contributed by atoms with E-state index in [1.54, 1.807) is 0 Å². The molecule has 0 saturated carbocycles. The van der Waals surface area contributed by atoms with E-state index in [9.17, 15) is 0 Å². The summed E-state index contributed by atoms with van der Waals surface area (Å²) in [5.41, 5.74) is 7.90. The molecule has 3 nitrogen and oxygen atoms in total. The van der Waals surface area contributed by atoms with Crippen LogP contribution in [0.5, 0.6) is 5.75 Å². The van der Waals surface area contributed by atoms with Crippen LogP contribution in [0.25, 0.3) is 0 Å². The van der Waals surface area contributed by atoms with Crippen molar-refractivity contribution in [3.05, 3.63) is 18.2 Å². The van der Waals surface area contributed by atoms with E-state index in [1.807, 2.05) is 17.8 Å². The average molecular weight is 266 g/mol. The van der Waals surface area contributed by atoms with Gasteiger partial charge in [0.2, 0.25) is 0 Å². The summed E-state index contributed by atoms with van der Waals surface area (Å²) >= 11 is 2.03. The van der Waals surface area contributed by atoms with Crippen LogP contribution < -0.4 is 15.4 Å². The minimum absolute atomic E-state index is 0.575. The summed E-state index contributed by atoms with van der Waals surface area (Å²) in [6, 6.07) is 6.71. The molecule has 1 saturated heterocycles. The molecule has 1 heterocycles. The van der Waals surface area contributed by atoms with Gasteiger partial charge in [-0.1, -0.05) is 6.92 Å². The van der Waals surface area contributed by atoms with Crippen LogP contribution in [-0.2, 0) is 0 Å². The van der Waals surface area contributed by atoms with Gasteiger partial charge < -0.3 is 15.4 Å². The third-order valence-electron chi connectivity index (χ3n) is 3.16. The fourth-order valence-electron chi connectivity index (χ4n) is 2.15. The van der Waals surface area contributed by atoms with Crippen molar-refractivity contribution in [1.82, 2.24) is 0 Å². The van der Waals surface area contributed by atoms with E-state index in [0.29, 0.717) is 6.04 Å². The number of ether oxygens (including phenoxy) is 1. The molecular formula is C14H22N2OS. The third-order valence-corrected chi connectivity index (χ3v) is 4.35. The second kappa shape index (κ2) is 6.23. The number of nitrogens with two attached hydrogens (primary N) is 1. The minimum Gasteiger partial charge on any atom is -0.491 e. The van der Waals surface area contributed by atoms with Crippen LogP contribution in [0.3, 0.4) is 0 Å². The van der Waals surface area contributed by atoms with Crippen molar-refractivity contribution >= 4 is 23.1 Å². The zero-order valence-electron chi connectivity index (χ0n) is 11.2. The van der Waals surface area contributed by atoms with Gasteiger partial charge in [0.15, 0.2) is 0 Å². The molecule has 1 unspecified atom stereocenters. The Hall–Kier alpha value is -1.03. The smallest absolute Gasteiger partial charge is 0.144 e. The Bertz CT molecular complexity index is 397. The number of hydrogen-bond donors (Lipinski definition) is 1. The van der Waals surface area contributed by atoms with E-state index in [0.717, 1.165) is 31.0 Å². The molecule has 2 rings (SSSR count). The first-order chi connectivity index (χ1) is 8.72. The van der Waals surface area contributed by atoms with E-state index >= 15 is 0 Å². The molecule has 1 aliphatic rings. The lowest BCUT2D eigenvalue weighted by Gasteiger charge is -2.35. The Labute approximate surface area is 114 Å². The van der Waals surface area contributed by atoms with Crippen LogP contribution in [0.1, 0.15) is 20.3 Å². The van der Waals surface area contributed by atoms with Gasteiger partial charge in [0.25, 0.3) is 0 Å². The number of rotatable bonds is 4. The molecule has 0 aromatic heterocycles. The van der Waals surface area contributed by atoms with Gasteiger partial charge in [0.05, 0.1) is 12.3 Å². The Morgan fingerprint density at radius 2 is 2.33 bits per heavy atom. The molecule has 1 aromatic carbocycles. The van der Waals surface area contributed by atoms with Gasteiger partial charge in [0.1, 0.15) is 5.75 Å². The van der Waals surface area contributed by atoms with Gasteiger partial charge in [-0.05, 0) is 25.5 Å². The lowest BCUT2D eigenvalue weighted by Crippen LogP contribution is -2.40. The number of nitrogens with zero attached hydrogens (tertiary/aromatic N) is 1. The Morgan fingerprint density at radius 1 is 1.50 bits per heavy atom. The highest BCUT2D eigenvalue weighted by Crippen LogP contribution is 2.31. The maximum absolute atomic E-state index is 5.95. The average Bonchev–Trinajstić information content (AvgIpc) is 2.39. The summed E-state index contributed by atoms with van der Waals surface area (Å²) < 4.78 is 5.70. The first-order valence-corrected chi connectivity index (χ1v) is 7.74. The highest BCUT2D eigenvalue weighted by atomic mass is 32.2. The zero-order valence-corrected chi connectivity index (χ0v) is 12.0. The fraction of sp³-hybridized carbons (Fsp3) is 0.571. The van der Waals surface area contributed by atoms with Crippen molar-refractivity contribution in [3.8, 4) is 5.75 Å². The predicted molar refractivity (Wildman–Crippen MR) is 80.8 cm³/mol. The molecule has 0 spiro atoms. The van der Waals surface area contributed by atoms with E-state index in [-0.39, 0.29) is 0 Å². The summed E-state index contributed by atoms with van der Waals surface area (Å²) in [4.78, 5) is 2.44. The lowest BCUT2D eigenvalue weighted by molar-refractivity contribution is 0.319. The summed E-state index contributed by atoms with van der Waals surface area (Å²) in [5.74, 6) is 3.20. The Balaban J connectivity index is 2.17. The molecule has 2 N–H and O–H groups in total. The first kappa shape index (κ1) is 13.4. The third kappa shape index (κ3) is 3.05. The van der Waals surface area contributed by atoms with Crippen LogP contribution >= 0.6 is 11.8 Å². The van der Waals surface area contributed by atoms with Crippen LogP contribution in [0.15, 0.2) is 18.2 Å². The van der Waals surface area contributed by atoms with E-state index < -0.39 is 0 Å². The normalized spacial score (nSPS) is 19.9. The summed E-state index contributed by atoms with van der Waals surface area (Å²) in [6.07, 6.45) is 1.00. The molecule has 0 bridgehead atoms. The summed E-state index contributed by atoms with van der Waals surface area (Å²) in [5, 5.41) is 0. The van der Waals surface area contributed by atoms with Crippen LogP contribution in [0.2, 0.25) is 0 Å². The standard InChI is InChI=1S/C14H22N2OS/c1-3-7-17-14-9-12(4-5-13(14)15)16-6-8-18-10-11(16)2/h4-5,9,11H,3,6-8,10,15H2,1-2H3. The van der Waals surface area contributed by atoms with Gasteiger partial charge in [-0.2, -0.15) is 11.8 Å². The highest BCUT2D eigenvalue weighted by Gasteiger charge is 2.19. The molecule has 1 aliphatic heterocycles. The number of anilines is 2. The van der Waals surface area contributed by atoms with Crippen molar-refractivity contribution in [2.75, 3.05) is 35.3 Å². The molecule has 18 heavy (non-hydrogen) atoms. The minimum atomic E-state index is 0.575.